The second-order valence-electron chi connectivity index (χ2n) is 7.16. The van der Waals surface area contributed by atoms with Gasteiger partial charge in [0.1, 0.15) is 0 Å². The maximum absolute atomic E-state index is 12.3. The van der Waals surface area contributed by atoms with Gasteiger partial charge in [-0.2, -0.15) is 0 Å². The highest BCUT2D eigenvalue weighted by atomic mass is 32.2. The summed E-state index contributed by atoms with van der Waals surface area (Å²) in [6.45, 7) is 6.44. The third-order valence-corrected chi connectivity index (χ3v) is 5.90. The predicted octanol–water partition coefficient (Wildman–Crippen LogP) is 2.15. The third-order valence-electron chi connectivity index (χ3n) is 4.46. The van der Waals surface area contributed by atoms with Crippen molar-refractivity contribution in [3.63, 3.8) is 0 Å². The lowest BCUT2D eigenvalue weighted by molar-refractivity contribution is 0.0951. The molecule has 0 spiro atoms. The number of fused-ring (bicyclic) bond motifs is 1. The van der Waals surface area contributed by atoms with Crippen LogP contribution in [-0.4, -0.2) is 20.9 Å². The van der Waals surface area contributed by atoms with E-state index in [9.17, 15) is 13.2 Å². The minimum Gasteiger partial charge on any atom is -0.348 e. The van der Waals surface area contributed by atoms with E-state index in [4.69, 9.17) is 0 Å². The minimum atomic E-state index is -3.55. The summed E-state index contributed by atoms with van der Waals surface area (Å²) in [7, 11) is -3.55. The molecule has 0 bridgehead atoms. The maximum Gasteiger partial charge on any atom is 0.251 e. The van der Waals surface area contributed by atoms with Crippen molar-refractivity contribution in [1.29, 1.82) is 0 Å². The van der Waals surface area contributed by atoms with Crippen molar-refractivity contribution in [3.05, 3.63) is 64.7 Å². The number of nitrogens with one attached hydrogen (secondary N) is 3. The fraction of sp³-hybridized carbons (Fsp3) is 0.350. The number of carbonyl (C=O) groups excluding carboxylic acids is 1. The standard InChI is InChI=1S/C20H25N3O3S/c1-14(2)10-23-27(25,26)19-7-5-16(6-8-19)20(24)22-11-15-3-4-17-12-21-13-18(17)9-15/h3-9,14,21,23H,10-13H2,1-2H3,(H,22,24). The maximum atomic E-state index is 12.3. The number of sulfonamides is 1. The van der Waals surface area contributed by atoms with Crippen molar-refractivity contribution in [1.82, 2.24) is 15.4 Å². The predicted molar refractivity (Wildman–Crippen MR) is 105 cm³/mol. The molecule has 1 amide bonds. The fourth-order valence-electron chi connectivity index (χ4n) is 2.89. The van der Waals surface area contributed by atoms with Gasteiger partial charge in [-0.1, -0.05) is 32.0 Å². The Balaban J connectivity index is 1.60. The largest absolute Gasteiger partial charge is 0.348 e. The van der Waals surface area contributed by atoms with Crippen LogP contribution in [0, 0.1) is 5.92 Å². The summed E-state index contributed by atoms with van der Waals surface area (Å²) in [6, 6.07) is 12.2. The second-order valence-corrected chi connectivity index (χ2v) is 8.93. The molecule has 27 heavy (non-hydrogen) atoms. The average molecular weight is 388 g/mol. The Morgan fingerprint density at radius 2 is 1.78 bits per heavy atom. The van der Waals surface area contributed by atoms with Crippen molar-refractivity contribution in [2.45, 2.75) is 38.4 Å². The molecule has 0 radical (unpaired) electrons. The minimum absolute atomic E-state index is 0.158. The van der Waals surface area contributed by atoms with Gasteiger partial charge in [-0.3, -0.25) is 4.79 Å². The molecule has 3 N–H and O–H groups in total. The average Bonchev–Trinajstić information content (AvgIpc) is 3.12. The second kappa shape index (κ2) is 8.21. The summed E-state index contributed by atoms with van der Waals surface area (Å²) < 4.78 is 27.0. The molecule has 3 rings (SSSR count). The van der Waals surface area contributed by atoms with Gasteiger partial charge in [-0.15, -0.1) is 0 Å². The lowest BCUT2D eigenvalue weighted by atomic mass is 10.1. The van der Waals surface area contributed by atoms with Gasteiger partial charge < -0.3 is 10.6 Å². The van der Waals surface area contributed by atoms with E-state index in [1.54, 1.807) is 0 Å². The van der Waals surface area contributed by atoms with E-state index in [0.717, 1.165) is 18.7 Å². The van der Waals surface area contributed by atoms with Gasteiger partial charge in [0.25, 0.3) is 5.91 Å². The summed E-state index contributed by atoms with van der Waals surface area (Å²) in [6.07, 6.45) is 0. The van der Waals surface area contributed by atoms with Crippen LogP contribution in [0.1, 0.15) is 40.9 Å². The Bertz CT molecular complexity index is 922. The molecule has 0 saturated heterocycles. The highest BCUT2D eigenvalue weighted by Gasteiger charge is 2.15. The van der Waals surface area contributed by atoms with Crippen LogP contribution in [0.25, 0.3) is 0 Å². The molecule has 2 aromatic carbocycles. The van der Waals surface area contributed by atoms with Gasteiger partial charge in [-0.25, -0.2) is 13.1 Å². The highest BCUT2D eigenvalue weighted by molar-refractivity contribution is 7.89. The Kier molecular flexibility index (Phi) is 5.94. The summed E-state index contributed by atoms with van der Waals surface area (Å²) in [5.41, 5.74) is 4.04. The van der Waals surface area contributed by atoms with E-state index >= 15 is 0 Å². The van der Waals surface area contributed by atoms with E-state index in [-0.39, 0.29) is 16.7 Å². The summed E-state index contributed by atoms with van der Waals surface area (Å²) in [5.74, 6) is -0.00691. The van der Waals surface area contributed by atoms with Crippen LogP contribution in [0.15, 0.2) is 47.4 Å². The van der Waals surface area contributed by atoms with E-state index < -0.39 is 10.0 Å². The van der Waals surface area contributed by atoms with Crippen molar-refractivity contribution >= 4 is 15.9 Å². The molecule has 1 heterocycles. The summed E-state index contributed by atoms with van der Waals surface area (Å²) in [5, 5.41) is 6.18. The molecule has 1 aliphatic rings. The molecule has 6 nitrogen and oxygen atoms in total. The Hall–Kier alpha value is -2.22. The van der Waals surface area contributed by atoms with Crippen LogP contribution < -0.4 is 15.4 Å². The van der Waals surface area contributed by atoms with Crippen molar-refractivity contribution < 1.29 is 13.2 Å². The molecule has 0 aromatic heterocycles. The molecule has 0 unspecified atom stereocenters. The van der Waals surface area contributed by atoms with Crippen LogP contribution in [0.5, 0.6) is 0 Å². The third kappa shape index (κ3) is 4.94. The topological polar surface area (TPSA) is 87.3 Å². The normalized spacial score (nSPS) is 13.6. The van der Waals surface area contributed by atoms with Crippen LogP contribution in [0.2, 0.25) is 0 Å². The van der Waals surface area contributed by atoms with Crippen molar-refractivity contribution in [3.8, 4) is 0 Å². The molecule has 144 valence electrons. The number of hydrogen-bond donors (Lipinski definition) is 3. The van der Waals surface area contributed by atoms with E-state index in [2.05, 4.69) is 27.5 Å². The lowest BCUT2D eigenvalue weighted by Crippen LogP contribution is -2.27. The number of amides is 1. The number of carbonyl (C=O) groups is 1. The van der Waals surface area contributed by atoms with Gasteiger partial charge in [-0.05, 0) is 46.9 Å². The van der Waals surface area contributed by atoms with Gasteiger partial charge in [0.05, 0.1) is 4.90 Å². The van der Waals surface area contributed by atoms with E-state index in [0.29, 0.717) is 18.7 Å². The van der Waals surface area contributed by atoms with Gasteiger partial charge in [0.2, 0.25) is 10.0 Å². The number of rotatable bonds is 7. The SMILES string of the molecule is CC(C)CNS(=O)(=O)c1ccc(C(=O)NCc2ccc3c(c2)CNC3)cc1. The summed E-state index contributed by atoms with van der Waals surface area (Å²) in [4.78, 5) is 12.5. The molecule has 1 aliphatic heterocycles. The highest BCUT2D eigenvalue weighted by Crippen LogP contribution is 2.17. The molecular weight excluding hydrogens is 362 g/mol. The van der Waals surface area contributed by atoms with Gasteiger partial charge in [0, 0.05) is 31.7 Å². The fourth-order valence-corrected chi connectivity index (χ4v) is 4.10. The van der Waals surface area contributed by atoms with Crippen LogP contribution in [0.4, 0.5) is 0 Å². The Morgan fingerprint density at radius 1 is 1.07 bits per heavy atom. The first-order valence-corrected chi connectivity index (χ1v) is 10.5. The molecule has 0 fully saturated rings. The van der Waals surface area contributed by atoms with Crippen LogP contribution >= 0.6 is 0 Å². The zero-order chi connectivity index (χ0) is 19.4. The number of hydrogen-bond acceptors (Lipinski definition) is 4. The van der Waals surface area contributed by atoms with Crippen LogP contribution in [0.3, 0.4) is 0 Å². The van der Waals surface area contributed by atoms with Gasteiger partial charge in [0.15, 0.2) is 0 Å². The van der Waals surface area contributed by atoms with Crippen molar-refractivity contribution in [2.75, 3.05) is 6.54 Å². The molecule has 0 saturated carbocycles. The summed E-state index contributed by atoms with van der Waals surface area (Å²) >= 11 is 0. The molecule has 0 atom stereocenters. The van der Waals surface area contributed by atoms with Crippen molar-refractivity contribution in [2.24, 2.45) is 5.92 Å². The zero-order valence-corrected chi connectivity index (χ0v) is 16.4. The van der Waals surface area contributed by atoms with E-state index in [1.807, 2.05) is 19.9 Å². The molecule has 0 aliphatic carbocycles. The lowest BCUT2D eigenvalue weighted by Gasteiger charge is -2.10. The quantitative estimate of drug-likeness (QED) is 0.679. The van der Waals surface area contributed by atoms with Gasteiger partial charge >= 0.3 is 0 Å². The zero-order valence-electron chi connectivity index (χ0n) is 15.6. The van der Waals surface area contributed by atoms with E-state index in [1.165, 1.54) is 35.4 Å². The molecule has 7 heteroatoms. The monoisotopic (exact) mass is 387 g/mol. The Labute approximate surface area is 160 Å². The first-order chi connectivity index (χ1) is 12.8. The first-order valence-electron chi connectivity index (χ1n) is 9.04. The smallest absolute Gasteiger partial charge is 0.251 e. The first kappa shape index (κ1) is 19.5. The number of benzene rings is 2. The molecule has 2 aromatic rings. The van der Waals surface area contributed by atoms with Crippen LogP contribution in [-0.2, 0) is 29.7 Å². The molecular formula is C20H25N3O3S. The Morgan fingerprint density at radius 3 is 2.48 bits per heavy atom.